The molecule has 0 fully saturated rings. The first kappa shape index (κ1) is 40.5. The van der Waals surface area contributed by atoms with Crippen LogP contribution in [-0.4, -0.2) is 33.1 Å². The molecule has 184 valence electrons. The van der Waals surface area contributed by atoms with Crippen LogP contribution >= 0.6 is 0 Å². The van der Waals surface area contributed by atoms with Gasteiger partial charge in [0.05, 0.1) is 11.8 Å². The number of carbonyl (C=O) groups is 2. The van der Waals surface area contributed by atoms with E-state index in [4.69, 9.17) is 10.2 Å². The number of rotatable bonds is 8. The fraction of sp³-hybridized carbons (Fsp3) is 0.462. The zero-order valence-electron chi connectivity index (χ0n) is 24.1. The summed E-state index contributed by atoms with van der Waals surface area (Å²) >= 11 is 0. The molecule has 0 bridgehead atoms. The van der Waals surface area contributed by atoms with E-state index in [1.54, 1.807) is 13.8 Å². The molecule has 2 atom stereocenters. The summed E-state index contributed by atoms with van der Waals surface area (Å²) in [6.07, 6.45) is 2.09. The SMILES string of the molecule is CC(C)Cc1ccc(C(C)C(=O)O)cc1.CC(C)Cc1ccc(C(C)C(=O)O)cc1.O.O.[H-].[H-].[Na+].[Na+]. The first-order valence-corrected chi connectivity index (χ1v) is 10.6. The Labute approximate surface area is 251 Å². The molecule has 0 aliphatic rings. The van der Waals surface area contributed by atoms with Crippen LogP contribution in [0, 0.1) is 11.8 Å². The van der Waals surface area contributed by atoms with E-state index in [9.17, 15) is 9.59 Å². The van der Waals surface area contributed by atoms with Crippen LogP contribution in [0.3, 0.4) is 0 Å². The van der Waals surface area contributed by atoms with Gasteiger partial charge in [-0.15, -0.1) is 0 Å². The molecule has 0 aliphatic heterocycles. The van der Waals surface area contributed by atoms with E-state index < -0.39 is 23.8 Å². The Kier molecular flexibility index (Phi) is 24.4. The Bertz CT molecular complexity index is 747. The van der Waals surface area contributed by atoms with Gasteiger partial charge in [-0.05, 0) is 60.8 Å². The Hall–Kier alpha value is -0.700. The number of aliphatic carboxylic acids is 2. The predicted octanol–water partition coefficient (Wildman–Crippen LogP) is -1.27. The Morgan fingerprint density at radius 1 is 0.618 bits per heavy atom. The van der Waals surface area contributed by atoms with Gasteiger partial charge in [0.1, 0.15) is 0 Å². The van der Waals surface area contributed by atoms with E-state index in [1.807, 2.05) is 48.5 Å². The van der Waals surface area contributed by atoms with Crippen LogP contribution in [0.1, 0.15) is 78.5 Å². The third-order valence-corrected chi connectivity index (χ3v) is 4.99. The molecule has 8 heteroatoms. The van der Waals surface area contributed by atoms with Crippen molar-refractivity contribution in [3.05, 3.63) is 70.8 Å². The van der Waals surface area contributed by atoms with Gasteiger partial charge in [-0.25, -0.2) is 0 Å². The van der Waals surface area contributed by atoms with Crippen molar-refractivity contribution in [3.8, 4) is 0 Å². The molecule has 0 amide bonds. The van der Waals surface area contributed by atoms with Crippen molar-refractivity contribution in [2.75, 3.05) is 0 Å². The number of hydrogen-bond donors (Lipinski definition) is 2. The molecule has 6 nitrogen and oxygen atoms in total. The monoisotopic (exact) mass is 496 g/mol. The summed E-state index contributed by atoms with van der Waals surface area (Å²) in [5.41, 5.74) is 4.28. The van der Waals surface area contributed by atoms with Crippen LogP contribution < -0.4 is 59.1 Å². The van der Waals surface area contributed by atoms with Crippen molar-refractivity contribution < 1.29 is 92.7 Å². The van der Waals surface area contributed by atoms with Crippen molar-refractivity contribution in [1.29, 1.82) is 0 Å². The molecular weight excluding hydrogens is 454 g/mol. The second kappa shape index (κ2) is 20.5. The van der Waals surface area contributed by atoms with E-state index in [1.165, 1.54) is 11.1 Å². The van der Waals surface area contributed by atoms with Crippen LogP contribution in [-0.2, 0) is 22.4 Å². The molecule has 2 aromatic carbocycles. The van der Waals surface area contributed by atoms with Crippen LogP contribution in [0.5, 0.6) is 0 Å². The quantitative estimate of drug-likeness (QED) is 0.440. The molecule has 6 N–H and O–H groups in total. The van der Waals surface area contributed by atoms with Crippen LogP contribution in [0.15, 0.2) is 48.5 Å². The summed E-state index contributed by atoms with van der Waals surface area (Å²) in [7, 11) is 0. The minimum atomic E-state index is -0.772. The first-order valence-electron chi connectivity index (χ1n) is 10.6. The fourth-order valence-electron chi connectivity index (χ4n) is 3.11. The van der Waals surface area contributed by atoms with Crippen LogP contribution in [0.2, 0.25) is 0 Å². The van der Waals surface area contributed by atoms with Crippen LogP contribution in [0.4, 0.5) is 0 Å². The zero-order chi connectivity index (χ0) is 22.8. The van der Waals surface area contributed by atoms with Crippen LogP contribution in [0.25, 0.3) is 0 Å². The van der Waals surface area contributed by atoms with Crippen molar-refractivity contribution in [3.63, 3.8) is 0 Å². The van der Waals surface area contributed by atoms with E-state index in [0.717, 1.165) is 24.0 Å². The zero-order valence-corrected chi connectivity index (χ0v) is 26.1. The maximum absolute atomic E-state index is 10.8. The minimum absolute atomic E-state index is 0. The summed E-state index contributed by atoms with van der Waals surface area (Å²) in [4.78, 5) is 21.5. The largest absolute Gasteiger partial charge is 1.00 e. The van der Waals surface area contributed by atoms with Gasteiger partial charge in [0.15, 0.2) is 0 Å². The average molecular weight is 497 g/mol. The molecule has 0 saturated carbocycles. The van der Waals surface area contributed by atoms with Crippen molar-refractivity contribution >= 4 is 11.9 Å². The van der Waals surface area contributed by atoms with Gasteiger partial charge in [0.2, 0.25) is 0 Å². The van der Waals surface area contributed by atoms with Gasteiger partial charge in [-0.2, -0.15) is 0 Å². The summed E-state index contributed by atoms with van der Waals surface area (Å²) in [5, 5.41) is 17.7. The number of carboxylic acids is 2. The van der Waals surface area contributed by atoms with Gasteiger partial charge < -0.3 is 24.0 Å². The third kappa shape index (κ3) is 15.3. The molecule has 0 aromatic heterocycles. The smallest absolute Gasteiger partial charge is 1.00 e. The molecule has 0 spiro atoms. The molecule has 34 heavy (non-hydrogen) atoms. The standard InChI is InChI=1S/2C13H18O2.2Na.2H2O.2H/c2*1-9(2)8-11-4-6-12(7-5-11)10(3)13(14)15;;;;;;/h2*4-7,9-10H,8H2,1-3H3,(H,14,15);;;2*1H2;;/q;;2*+1;;;2*-1. The number of benzene rings is 2. The fourth-order valence-corrected chi connectivity index (χ4v) is 3.11. The number of carboxylic acid groups (broad SMARTS) is 2. The predicted molar refractivity (Wildman–Crippen MR) is 132 cm³/mol. The second-order valence-corrected chi connectivity index (χ2v) is 8.80. The Morgan fingerprint density at radius 2 is 0.853 bits per heavy atom. The van der Waals surface area contributed by atoms with Crippen molar-refractivity contribution in [2.24, 2.45) is 11.8 Å². The van der Waals surface area contributed by atoms with Gasteiger partial charge in [-0.3, -0.25) is 9.59 Å². The Morgan fingerprint density at radius 3 is 1.03 bits per heavy atom. The molecule has 0 aliphatic carbocycles. The first-order chi connectivity index (χ1) is 14.0. The molecular formula is C26H42Na2O6. The molecule has 2 rings (SSSR count). The van der Waals surface area contributed by atoms with E-state index in [0.29, 0.717) is 11.8 Å². The van der Waals surface area contributed by atoms with E-state index in [2.05, 4.69) is 27.7 Å². The topological polar surface area (TPSA) is 138 Å². The van der Waals surface area contributed by atoms with E-state index in [-0.39, 0.29) is 72.9 Å². The summed E-state index contributed by atoms with van der Waals surface area (Å²) in [6, 6.07) is 15.7. The van der Waals surface area contributed by atoms with E-state index >= 15 is 0 Å². The summed E-state index contributed by atoms with van der Waals surface area (Å²) in [6.45, 7) is 12.1. The molecule has 2 aromatic rings. The van der Waals surface area contributed by atoms with Gasteiger partial charge >= 0.3 is 71.1 Å². The minimum Gasteiger partial charge on any atom is -1.00 e. The summed E-state index contributed by atoms with van der Waals surface area (Å²) in [5.74, 6) is -1.12. The molecule has 0 radical (unpaired) electrons. The third-order valence-electron chi connectivity index (χ3n) is 4.99. The maximum atomic E-state index is 10.8. The molecule has 2 unspecified atom stereocenters. The van der Waals surface area contributed by atoms with Crippen molar-refractivity contribution in [2.45, 2.75) is 66.2 Å². The Balaban J connectivity index is -0.000000107. The normalized spacial score (nSPS) is 11.3. The summed E-state index contributed by atoms with van der Waals surface area (Å²) < 4.78 is 0. The molecule has 0 saturated heterocycles. The second-order valence-electron chi connectivity index (χ2n) is 8.80. The average Bonchev–Trinajstić information content (AvgIpc) is 2.67. The van der Waals surface area contributed by atoms with Gasteiger partial charge in [0.25, 0.3) is 0 Å². The maximum Gasteiger partial charge on any atom is 1.00 e. The van der Waals surface area contributed by atoms with Gasteiger partial charge in [-0.1, -0.05) is 76.2 Å². The molecule has 0 heterocycles. The number of hydrogen-bond acceptors (Lipinski definition) is 2. The van der Waals surface area contributed by atoms with Gasteiger partial charge in [0, 0.05) is 0 Å². The van der Waals surface area contributed by atoms with Crippen molar-refractivity contribution in [1.82, 2.24) is 0 Å².